The summed E-state index contributed by atoms with van der Waals surface area (Å²) in [6, 6.07) is 13.9. The molecular formula is C31H35NO4S. The van der Waals surface area contributed by atoms with Crippen molar-refractivity contribution < 1.29 is 19.4 Å². The van der Waals surface area contributed by atoms with E-state index in [0.717, 1.165) is 46.9 Å². The quantitative estimate of drug-likeness (QED) is 0.229. The van der Waals surface area contributed by atoms with Crippen molar-refractivity contribution in [2.45, 2.75) is 63.7 Å². The SMILES string of the molecule is CCOCOc1ccc(-c2cnc(CCc3ccc(C(=O)O)cc3)s2)cc1C12CC3CC(CC(C3)C1)C2. The average molecular weight is 518 g/mol. The molecule has 0 saturated heterocycles. The van der Waals surface area contributed by atoms with Crippen molar-refractivity contribution in [1.29, 1.82) is 0 Å². The minimum Gasteiger partial charge on any atom is -0.478 e. The maximum atomic E-state index is 11.1. The van der Waals surface area contributed by atoms with Gasteiger partial charge in [-0.3, -0.25) is 0 Å². The number of carboxylic acids is 1. The van der Waals surface area contributed by atoms with E-state index in [9.17, 15) is 4.79 Å². The van der Waals surface area contributed by atoms with Crippen molar-refractivity contribution in [3.05, 3.63) is 70.4 Å². The van der Waals surface area contributed by atoms with E-state index < -0.39 is 5.97 Å². The molecule has 2 aromatic carbocycles. The topological polar surface area (TPSA) is 68.7 Å². The number of carboxylic acid groups (broad SMARTS) is 1. The fourth-order valence-electron chi connectivity index (χ4n) is 7.48. The highest BCUT2D eigenvalue weighted by Gasteiger charge is 2.52. The Bertz CT molecular complexity index is 1230. The molecule has 0 radical (unpaired) electrons. The van der Waals surface area contributed by atoms with Crippen molar-refractivity contribution in [3.8, 4) is 16.2 Å². The van der Waals surface area contributed by atoms with Crippen LogP contribution in [0, 0.1) is 17.8 Å². The molecule has 5 nitrogen and oxygen atoms in total. The van der Waals surface area contributed by atoms with Gasteiger partial charge in [0.2, 0.25) is 0 Å². The van der Waals surface area contributed by atoms with Crippen LogP contribution in [0.25, 0.3) is 10.4 Å². The zero-order chi connectivity index (χ0) is 25.4. The molecule has 7 rings (SSSR count). The van der Waals surface area contributed by atoms with Crippen LogP contribution in [0.2, 0.25) is 0 Å². The number of rotatable bonds is 10. The fourth-order valence-corrected chi connectivity index (χ4v) is 8.39. The van der Waals surface area contributed by atoms with Crippen molar-refractivity contribution in [1.82, 2.24) is 4.98 Å². The number of aromatic nitrogens is 1. The van der Waals surface area contributed by atoms with Crippen LogP contribution in [0.4, 0.5) is 0 Å². The second kappa shape index (κ2) is 10.2. The van der Waals surface area contributed by atoms with E-state index in [4.69, 9.17) is 19.6 Å². The molecule has 1 heterocycles. The number of hydrogen-bond acceptors (Lipinski definition) is 5. The number of ether oxygens (including phenoxy) is 2. The fraction of sp³-hybridized carbons (Fsp3) is 0.484. The van der Waals surface area contributed by atoms with E-state index >= 15 is 0 Å². The van der Waals surface area contributed by atoms with Crippen LogP contribution < -0.4 is 4.74 Å². The van der Waals surface area contributed by atoms with E-state index in [-0.39, 0.29) is 5.41 Å². The van der Waals surface area contributed by atoms with Crippen molar-refractivity contribution in [3.63, 3.8) is 0 Å². The minimum atomic E-state index is -0.890. The standard InChI is InChI=1S/C31H35NO4S/c1-2-35-19-36-27-9-8-25(14-26(27)31-15-21-11-22(16-31)13-23(12-21)17-31)28-18-32-29(37-28)10-5-20-3-6-24(7-4-20)30(33)34/h3-4,6-9,14,18,21-23H,2,5,10-13,15-17,19H2,1H3,(H,33,34). The van der Waals surface area contributed by atoms with Gasteiger partial charge < -0.3 is 14.6 Å². The number of nitrogens with zero attached hydrogens (tertiary/aromatic N) is 1. The molecule has 1 N–H and O–H groups in total. The third kappa shape index (κ3) is 5.06. The Morgan fingerprint density at radius 1 is 1.03 bits per heavy atom. The van der Waals surface area contributed by atoms with Crippen LogP contribution in [0.15, 0.2) is 48.7 Å². The Balaban J connectivity index is 1.23. The predicted octanol–water partition coefficient (Wildman–Crippen LogP) is 7.13. The average Bonchev–Trinajstić information content (AvgIpc) is 3.36. The highest BCUT2D eigenvalue weighted by atomic mass is 32.1. The van der Waals surface area contributed by atoms with Gasteiger partial charge in [-0.25, -0.2) is 9.78 Å². The van der Waals surface area contributed by atoms with Crippen LogP contribution in [0.3, 0.4) is 0 Å². The molecule has 3 aromatic rings. The lowest BCUT2D eigenvalue weighted by Crippen LogP contribution is -2.48. The van der Waals surface area contributed by atoms with Gasteiger partial charge in [0.15, 0.2) is 6.79 Å². The van der Waals surface area contributed by atoms with E-state index in [1.807, 2.05) is 25.3 Å². The van der Waals surface area contributed by atoms with Crippen molar-refractivity contribution in [2.75, 3.05) is 13.4 Å². The summed E-state index contributed by atoms with van der Waals surface area (Å²) in [5.74, 6) is 2.71. The number of carbonyl (C=O) groups is 1. The summed E-state index contributed by atoms with van der Waals surface area (Å²) in [5.41, 5.74) is 4.30. The summed E-state index contributed by atoms with van der Waals surface area (Å²) in [6.07, 6.45) is 11.8. The molecule has 0 atom stereocenters. The lowest BCUT2D eigenvalue weighted by Gasteiger charge is -2.57. The van der Waals surface area contributed by atoms with Crippen LogP contribution in [-0.4, -0.2) is 29.5 Å². The largest absolute Gasteiger partial charge is 0.478 e. The van der Waals surface area contributed by atoms with E-state index in [0.29, 0.717) is 19.0 Å². The molecular weight excluding hydrogens is 482 g/mol. The third-order valence-corrected chi connectivity index (χ3v) is 9.86. The van der Waals surface area contributed by atoms with Crippen molar-refractivity contribution >= 4 is 17.3 Å². The number of hydrogen-bond donors (Lipinski definition) is 1. The highest BCUT2D eigenvalue weighted by Crippen LogP contribution is 2.62. The summed E-state index contributed by atoms with van der Waals surface area (Å²) in [6.45, 7) is 2.95. The molecule has 1 aromatic heterocycles. The molecule has 4 fully saturated rings. The number of aromatic carboxylic acids is 1. The zero-order valence-corrected chi connectivity index (χ0v) is 22.3. The number of thiazole rings is 1. The highest BCUT2D eigenvalue weighted by molar-refractivity contribution is 7.15. The van der Waals surface area contributed by atoms with Crippen LogP contribution in [0.1, 0.15) is 71.9 Å². The molecule has 4 aliphatic rings. The first-order valence-electron chi connectivity index (χ1n) is 13.6. The maximum Gasteiger partial charge on any atom is 0.335 e. The van der Waals surface area contributed by atoms with Crippen molar-refractivity contribution in [2.24, 2.45) is 17.8 Å². The predicted molar refractivity (Wildman–Crippen MR) is 145 cm³/mol. The zero-order valence-electron chi connectivity index (χ0n) is 21.4. The first-order valence-corrected chi connectivity index (χ1v) is 14.5. The van der Waals surface area contributed by atoms with Gasteiger partial charge in [-0.1, -0.05) is 12.1 Å². The first-order chi connectivity index (χ1) is 18.0. The van der Waals surface area contributed by atoms with Crippen LogP contribution >= 0.6 is 11.3 Å². The number of benzene rings is 2. The Morgan fingerprint density at radius 3 is 2.38 bits per heavy atom. The van der Waals surface area contributed by atoms with Gasteiger partial charge >= 0.3 is 5.97 Å². The second-order valence-corrected chi connectivity index (χ2v) is 12.4. The summed E-state index contributed by atoms with van der Waals surface area (Å²) < 4.78 is 11.8. The molecule has 0 spiro atoms. The third-order valence-electron chi connectivity index (χ3n) is 8.76. The van der Waals surface area contributed by atoms with Gasteiger partial charge in [0.25, 0.3) is 0 Å². The molecule has 4 saturated carbocycles. The van der Waals surface area contributed by atoms with E-state index in [1.165, 1.54) is 54.5 Å². The smallest absolute Gasteiger partial charge is 0.335 e. The van der Waals surface area contributed by atoms with E-state index in [2.05, 4.69) is 18.2 Å². The number of aryl methyl sites for hydroxylation is 2. The normalized spacial score (nSPS) is 25.9. The van der Waals surface area contributed by atoms with E-state index in [1.54, 1.807) is 23.5 Å². The van der Waals surface area contributed by atoms with Gasteiger partial charge in [0.1, 0.15) is 5.75 Å². The lowest BCUT2D eigenvalue weighted by atomic mass is 9.48. The lowest BCUT2D eigenvalue weighted by molar-refractivity contribution is -0.0109. The summed E-state index contributed by atoms with van der Waals surface area (Å²) >= 11 is 1.76. The van der Waals surface area contributed by atoms with Crippen LogP contribution in [-0.2, 0) is 23.0 Å². The monoisotopic (exact) mass is 517 g/mol. The summed E-state index contributed by atoms with van der Waals surface area (Å²) in [7, 11) is 0. The molecule has 4 aliphatic carbocycles. The molecule has 194 valence electrons. The Morgan fingerprint density at radius 2 is 1.73 bits per heavy atom. The Hall–Kier alpha value is -2.70. The summed E-state index contributed by atoms with van der Waals surface area (Å²) in [5, 5.41) is 10.2. The maximum absolute atomic E-state index is 11.1. The van der Waals surface area contributed by atoms with Crippen LogP contribution in [0.5, 0.6) is 5.75 Å². The Kier molecular flexibility index (Phi) is 6.80. The van der Waals surface area contributed by atoms with Gasteiger partial charge in [-0.15, -0.1) is 11.3 Å². The molecule has 0 unspecified atom stereocenters. The molecule has 4 bridgehead atoms. The Labute approximate surface area is 222 Å². The van der Waals surface area contributed by atoms with Gasteiger partial charge in [0, 0.05) is 24.8 Å². The molecule has 0 amide bonds. The first kappa shape index (κ1) is 24.6. The molecule has 6 heteroatoms. The molecule has 0 aliphatic heterocycles. The van der Waals surface area contributed by atoms with Gasteiger partial charge in [-0.2, -0.15) is 0 Å². The minimum absolute atomic E-state index is 0.238. The van der Waals surface area contributed by atoms with Gasteiger partial charge in [0.05, 0.1) is 15.4 Å². The molecule has 37 heavy (non-hydrogen) atoms. The second-order valence-electron chi connectivity index (χ2n) is 11.3. The summed E-state index contributed by atoms with van der Waals surface area (Å²) in [4.78, 5) is 17.0. The van der Waals surface area contributed by atoms with Gasteiger partial charge in [-0.05, 0) is 116 Å².